The molecule has 1 aliphatic heterocycles. The van der Waals surface area contributed by atoms with Crippen molar-refractivity contribution in [1.82, 2.24) is 10.3 Å². The number of hydrogen-bond acceptors (Lipinski definition) is 5. The molecule has 1 amide bonds. The number of hydrogen-bond donors (Lipinski definition) is 2. The molecule has 3 aromatic rings. The maximum atomic E-state index is 13.0. The van der Waals surface area contributed by atoms with Gasteiger partial charge in [-0.05, 0) is 34.5 Å². The SMILES string of the molecule is Cl.Cl.NCC(NC(=O)c1cccnc1N1CCOCC1)c1ccc2ccccc2c1. The van der Waals surface area contributed by atoms with E-state index in [2.05, 4.69) is 39.5 Å². The average molecular weight is 449 g/mol. The van der Waals surface area contributed by atoms with Gasteiger partial charge in [0.25, 0.3) is 5.91 Å². The first kappa shape index (κ1) is 23.9. The Morgan fingerprint density at radius 3 is 2.53 bits per heavy atom. The highest BCUT2D eigenvalue weighted by atomic mass is 35.5. The lowest BCUT2D eigenvalue weighted by Gasteiger charge is -2.29. The van der Waals surface area contributed by atoms with Crippen LogP contribution in [0.3, 0.4) is 0 Å². The topological polar surface area (TPSA) is 80.5 Å². The molecule has 1 unspecified atom stereocenters. The van der Waals surface area contributed by atoms with Crippen molar-refractivity contribution in [3.8, 4) is 0 Å². The van der Waals surface area contributed by atoms with Crippen molar-refractivity contribution in [2.75, 3.05) is 37.7 Å². The molecule has 3 N–H and O–H groups in total. The Kier molecular flexibility index (Phi) is 8.87. The van der Waals surface area contributed by atoms with Gasteiger partial charge >= 0.3 is 0 Å². The summed E-state index contributed by atoms with van der Waals surface area (Å²) in [7, 11) is 0. The number of nitrogens with zero attached hydrogens (tertiary/aromatic N) is 2. The van der Waals surface area contributed by atoms with Crippen LogP contribution in [-0.4, -0.2) is 43.7 Å². The molecule has 0 aliphatic carbocycles. The van der Waals surface area contributed by atoms with Crippen molar-refractivity contribution in [2.24, 2.45) is 5.73 Å². The summed E-state index contributed by atoms with van der Waals surface area (Å²) in [6.45, 7) is 3.04. The molecule has 4 rings (SSSR count). The third-order valence-electron chi connectivity index (χ3n) is 5.06. The number of halogens is 2. The van der Waals surface area contributed by atoms with Crippen LogP contribution in [0.15, 0.2) is 60.8 Å². The number of rotatable bonds is 5. The second kappa shape index (κ2) is 11.1. The van der Waals surface area contributed by atoms with Crippen LogP contribution in [0.1, 0.15) is 22.0 Å². The number of ether oxygens (including phenoxy) is 1. The van der Waals surface area contributed by atoms with E-state index in [1.807, 2.05) is 18.2 Å². The zero-order valence-electron chi connectivity index (χ0n) is 16.5. The molecule has 8 heteroatoms. The lowest BCUT2D eigenvalue weighted by molar-refractivity contribution is 0.0936. The second-order valence-electron chi connectivity index (χ2n) is 6.84. The minimum atomic E-state index is -0.269. The van der Waals surface area contributed by atoms with E-state index in [1.54, 1.807) is 18.3 Å². The van der Waals surface area contributed by atoms with Crippen LogP contribution in [-0.2, 0) is 4.74 Å². The van der Waals surface area contributed by atoms with Gasteiger partial charge in [0.15, 0.2) is 0 Å². The summed E-state index contributed by atoms with van der Waals surface area (Å²) in [5.74, 6) is 0.524. The smallest absolute Gasteiger partial charge is 0.255 e. The Morgan fingerprint density at radius 2 is 1.80 bits per heavy atom. The van der Waals surface area contributed by atoms with Crippen molar-refractivity contribution in [3.05, 3.63) is 71.9 Å². The molecule has 1 saturated heterocycles. The lowest BCUT2D eigenvalue weighted by atomic mass is 10.0. The number of pyridine rings is 1. The average Bonchev–Trinajstić information content (AvgIpc) is 2.77. The van der Waals surface area contributed by atoms with Gasteiger partial charge in [0, 0.05) is 25.8 Å². The highest BCUT2D eigenvalue weighted by Crippen LogP contribution is 2.22. The summed E-state index contributed by atoms with van der Waals surface area (Å²) < 4.78 is 5.41. The van der Waals surface area contributed by atoms with E-state index in [0.29, 0.717) is 31.1 Å². The van der Waals surface area contributed by atoms with Gasteiger partial charge in [-0.25, -0.2) is 4.98 Å². The normalized spacial score (nSPS) is 14.4. The fraction of sp³-hybridized carbons (Fsp3) is 0.273. The minimum absolute atomic E-state index is 0. The Hall–Kier alpha value is -2.38. The molecular weight excluding hydrogens is 423 g/mol. The molecule has 1 aliphatic rings. The molecule has 1 fully saturated rings. The summed E-state index contributed by atoms with van der Waals surface area (Å²) >= 11 is 0. The van der Waals surface area contributed by atoms with Crippen LogP contribution in [0.2, 0.25) is 0 Å². The molecule has 1 atom stereocenters. The van der Waals surface area contributed by atoms with E-state index in [-0.39, 0.29) is 36.8 Å². The number of nitrogens with one attached hydrogen (secondary N) is 1. The van der Waals surface area contributed by atoms with Gasteiger partial charge < -0.3 is 20.7 Å². The number of carbonyl (C=O) groups excluding carboxylic acids is 1. The van der Waals surface area contributed by atoms with Crippen LogP contribution in [0.5, 0.6) is 0 Å². The van der Waals surface area contributed by atoms with Gasteiger partial charge in [-0.2, -0.15) is 0 Å². The summed E-state index contributed by atoms with van der Waals surface area (Å²) in [4.78, 5) is 19.6. The van der Waals surface area contributed by atoms with Gasteiger partial charge in [0.1, 0.15) is 5.82 Å². The molecule has 1 aromatic heterocycles. The van der Waals surface area contributed by atoms with Crippen molar-refractivity contribution in [3.63, 3.8) is 0 Å². The number of aromatic nitrogens is 1. The number of morpholine rings is 1. The maximum absolute atomic E-state index is 13.0. The highest BCUT2D eigenvalue weighted by Gasteiger charge is 2.22. The van der Waals surface area contributed by atoms with Gasteiger partial charge in [-0.1, -0.05) is 36.4 Å². The molecule has 0 radical (unpaired) electrons. The molecular formula is C22H26Cl2N4O2. The zero-order valence-corrected chi connectivity index (χ0v) is 18.1. The van der Waals surface area contributed by atoms with E-state index >= 15 is 0 Å². The van der Waals surface area contributed by atoms with Crippen molar-refractivity contribution in [1.29, 1.82) is 0 Å². The number of carbonyl (C=O) groups is 1. The van der Waals surface area contributed by atoms with E-state index in [0.717, 1.165) is 29.4 Å². The van der Waals surface area contributed by atoms with Crippen LogP contribution in [0.25, 0.3) is 10.8 Å². The predicted octanol–water partition coefficient (Wildman–Crippen LogP) is 3.34. The van der Waals surface area contributed by atoms with Gasteiger partial charge in [-0.15, -0.1) is 24.8 Å². The Morgan fingerprint density at radius 1 is 1.07 bits per heavy atom. The Balaban J connectivity index is 0.00000160. The van der Waals surface area contributed by atoms with E-state index in [4.69, 9.17) is 10.5 Å². The summed E-state index contributed by atoms with van der Waals surface area (Å²) in [6, 6.07) is 17.6. The molecule has 2 aromatic carbocycles. The molecule has 0 spiro atoms. The van der Waals surface area contributed by atoms with Gasteiger partial charge in [0.2, 0.25) is 0 Å². The number of amides is 1. The maximum Gasteiger partial charge on any atom is 0.255 e. The van der Waals surface area contributed by atoms with Gasteiger partial charge in [0.05, 0.1) is 24.8 Å². The van der Waals surface area contributed by atoms with Gasteiger partial charge in [-0.3, -0.25) is 4.79 Å². The van der Waals surface area contributed by atoms with E-state index < -0.39 is 0 Å². The molecule has 6 nitrogen and oxygen atoms in total. The largest absolute Gasteiger partial charge is 0.378 e. The summed E-state index contributed by atoms with van der Waals surface area (Å²) in [5.41, 5.74) is 7.55. The number of fused-ring (bicyclic) bond motifs is 1. The molecule has 160 valence electrons. The van der Waals surface area contributed by atoms with Crippen LogP contribution >= 0.6 is 24.8 Å². The number of benzene rings is 2. The molecule has 2 heterocycles. The first-order chi connectivity index (χ1) is 13.8. The zero-order chi connectivity index (χ0) is 19.3. The first-order valence-electron chi connectivity index (χ1n) is 9.53. The molecule has 0 saturated carbocycles. The van der Waals surface area contributed by atoms with Crippen LogP contribution < -0.4 is 16.0 Å². The van der Waals surface area contributed by atoms with E-state index in [1.165, 1.54) is 0 Å². The third-order valence-corrected chi connectivity index (χ3v) is 5.06. The number of anilines is 1. The Bertz CT molecular complexity index is 980. The number of nitrogens with two attached hydrogens (primary N) is 1. The quantitative estimate of drug-likeness (QED) is 0.625. The fourth-order valence-electron chi connectivity index (χ4n) is 3.54. The van der Waals surface area contributed by atoms with Crippen molar-refractivity contribution < 1.29 is 9.53 Å². The fourth-order valence-corrected chi connectivity index (χ4v) is 3.54. The standard InChI is InChI=1S/C22H24N4O2.2ClH/c23-15-20(18-8-7-16-4-1-2-5-17(16)14-18)25-22(27)19-6-3-9-24-21(19)26-10-12-28-13-11-26;;/h1-9,14,20H,10-13,15,23H2,(H,25,27);2*1H. The monoisotopic (exact) mass is 448 g/mol. The van der Waals surface area contributed by atoms with E-state index in [9.17, 15) is 4.79 Å². The van der Waals surface area contributed by atoms with Crippen LogP contribution in [0.4, 0.5) is 5.82 Å². The minimum Gasteiger partial charge on any atom is -0.378 e. The summed E-state index contributed by atoms with van der Waals surface area (Å²) in [5, 5.41) is 5.37. The predicted molar refractivity (Wildman–Crippen MR) is 125 cm³/mol. The van der Waals surface area contributed by atoms with Crippen molar-refractivity contribution >= 4 is 47.3 Å². The summed E-state index contributed by atoms with van der Waals surface area (Å²) in [6.07, 6.45) is 1.71. The van der Waals surface area contributed by atoms with Crippen LogP contribution in [0, 0.1) is 0 Å². The lowest BCUT2D eigenvalue weighted by Crippen LogP contribution is -2.39. The second-order valence-corrected chi connectivity index (χ2v) is 6.84. The molecule has 0 bridgehead atoms. The first-order valence-corrected chi connectivity index (χ1v) is 9.53. The highest BCUT2D eigenvalue weighted by molar-refractivity contribution is 5.99. The third kappa shape index (κ3) is 5.21. The molecule has 30 heavy (non-hydrogen) atoms. The Labute approximate surface area is 188 Å². The van der Waals surface area contributed by atoms with Crippen molar-refractivity contribution in [2.45, 2.75) is 6.04 Å².